The summed E-state index contributed by atoms with van der Waals surface area (Å²) in [5, 5.41) is 3.47. The van der Waals surface area contributed by atoms with Crippen LogP contribution in [0, 0.1) is 5.92 Å². The highest BCUT2D eigenvalue weighted by molar-refractivity contribution is 6.31. The maximum Gasteiger partial charge on any atom is 0.241 e. The molecule has 3 rings (SSSR count). The van der Waals surface area contributed by atoms with Crippen LogP contribution in [0.25, 0.3) is 0 Å². The molecule has 3 N–H and O–H groups in total. The molecule has 1 saturated carbocycles. The summed E-state index contributed by atoms with van der Waals surface area (Å²) in [4.78, 5) is 14.7. The molecule has 1 aromatic carbocycles. The first kappa shape index (κ1) is 13.7. The molecule has 0 aromatic heterocycles. The van der Waals surface area contributed by atoms with Gasteiger partial charge in [0.05, 0.1) is 17.4 Å². The maximum atomic E-state index is 12.4. The fourth-order valence-corrected chi connectivity index (χ4v) is 3.63. The Labute approximate surface area is 124 Å². The van der Waals surface area contributed by atoms with Crippen LogP contribution in [0.2, 0.25) is 5.02 Å². The summed E-state index contributed by atoms with van der Waals surface area (Å²) in [6, 6.07) is 5.58. The summed E-state index contributed by atoms with van der Waals surface area (Å²) in [5.74, 6) is 0.776. The number of carbonyl (C=O) groups is 1. The van der Waals surface area contributed by atoms with Gasteiger partial charge in [-0.3, -0.25) is 9.69 Å². The van der Waals surface area contributed by atoms with Crippen LogP contribution in [0.4, 0.5) is 11.4 Å². The van der Waals surface area contributed by atoms with Crippen molar-refractivity contribution in [2.45, 2.75) is 38.3 Å². The summed E-state index contributed by atoms with van der Waals surface area (Å²) < 4.78 is 0. The Morgan fingerprint density at radius 2 is 2.30 bits per heavy atom. The Hall–Kier alpha value is -1.26. The van der Waals surface area contributed by atoms with E-state index in [1.807, 2.05) is 6.92 Å². The fourth-order valence-electron chi connectivity index (χ4n) is 3.46. The van der Waals surface area contributed by atoms with Gasteiger partial charge in [0.1, 0.15) is 0 Å². The average molecular weight is 294 g/mol. The van der Waals surface area contributed by atoms with Crippen LogP contribution in [-0.2, 0) is 4.79 Å². The second kappa shape index (κ2) is 5.26. The number of carbonyl (C=O) groups excluding carboxylic acids is 1. The van der Waals surface area contributed by atoms with E-state index in [1.54, 1.807) is 18.2 Å². The number of likely N-dealkylation sites (tertiary alicyclic amines) is 1. The van der Waals surface area contributed by atoms with Gasteiger partial charge >= 0.3 is 0 Å². The average Bonchev–Trinajstić information content (AvgIpc) is 3.04. The summed E-state index contributed by atoms with van der Waals surface area (Å²) >= 11 is 5.94. The lowest BCUT2D eigenvalue weighted by Crippen LogP contribution is -2.46. The molecule has 20 heavy (non-hydrogen) atoms. The third kappa shape index (κ3) is 2.50. The molecule has 2 bridgehead atoms. The first-order valence-corrected chi connectivity index (χ1v) is 7.54. The lowest BCUT2D eigenvalue weighted by atomic mass is 10.1. The predicted octanol–water partition coefficient (Wildman–Crippen LogP) is 2.73. The van der Waals surface area contributed by atoms with E-state index in [4.69, 9.17) is 17.3 Å². The molecule has 1 aromatic rings. The molecule has 1 amide bonds. The van der Waals surface area contributed by atoms with Gasteiger partial charge in [0.15, 0.2) is 0 Å². The van der Waals surface area contributed by atoms with Crippen molar-refractivity contribution in [3.05, 3.63) is 23.2 Å². The topological polar surface area (TPSA) is 58.4 Å². The van der Waals surface area contributed by atoms with Crippen molar-refractivity contribution >= 4 is 28.9 Å². The minimum absolute atomic E-state index is 0.00785. The van der Waals surface area contributed by atoms with E-state index in [9.17, 15) is 4.79 Å². The van der Waals surface area contributed by atoms with Crippen LogP contribution in [0.15, 0.2) is 18.2 Å². The van der Waals surface area contributed by atoms with E-state index in [0.717, 1.165) is 12.5 Å². The highest BCUT2D eigenvalue weighted by Gasteiger charge is 2.41. The molecule has 5 heteroatoms. The van der Waals surface area contributed by atoms with Gasteiger partial charge in [0, 0.05) is 17.6 Å². The van der Waals surface area contributed by atoms with Crippen LogP contribution >= 0.6 is 11.6 Å². The molecule has 0 radical (unpaired) electrons. The Bertz CT molecular complexity index is 534. The van der Waals surface area contributed by atoms with Crippen LogP contribution in [0.3, 0.4) is 0 Å². The zero-order valence-electron chi connectivity index (χ0n) is 11.6. The Morgan fingerprint density at radius 1 is 1.50 bits per heavy atom. The first-order chi connectivity index (χ1) is 9.54. The molecule has 3 atom stereocenters. The fraction of sp³-hybridized carbons (Fsp3) is 0.533. The third-order valence-electron chi connectivity index (χ3n) is 4.60. The largest absolute Gasteiger partial charge is 0.397 e. The number of hydrogen-bond donors (Lipinski definition) is 2. The van der Waals surface area contributed by atoms with Gasteiger partial charge in [-0.05, 0) is 50.3 Å². The number of halogens is 1. The quantitative estimate of drug-likeness (QED) is 0.843. The van der Waals surface area contributed by atoms with Crippen LogP contribution < -0.4 is 11.1 Å². The zero-order valence-corrected chi connectivity index (χ0v) is 12.4. The molecule has 1 saturated heterocycles. The number of nitrogen functional groups attached to an aromatic ring is 1. The van der Waals surface area contributed by atoms with Gasteiger partial charge in [-0.1, -0.05) is 11.6 Å². The number of nitrogens with one attached hydrogen (secondary N) is 1. The number of benzene rings is 1. The highest BCUT2D eigenvalue weighted by atomic mass is 35.5. The molecule has 1 aliphatic carbocycles. The van der Waals surface area contributed by atoms with Crippen molar-refractivity contribution in [3.63, 3.8) is 0 Å². The van der Waals surface area contributed by atoms with Crippen LogP contribution in [0.1, 0.15) is 26.2 Å². The van der Waals surface area contributed by atoms with Crippen molar-refractivity contribution in [2.24, 2.45) is 5.92 Å². The van der Waals surface area contributed by atoms with E-state index in [-0.39, 0.29) is 11.9 Å². The van der Waals surface area contributed by atoms with E-state index in [1.165, 1.54) is 19.3 Å². The predicted molar refractivity (Wildman–Crippen MR) is 81.8 cm³/mol. The first-order valence-electron chi connectivity index (χ1n) is 7.16. The summed E-state index contributed by atoms with van der Waals surface area (Å²) in [7, 11) is 0. The van der Waals surface area contributed by atoms with Crippen molar-refractivity contribution in [1.82, 2.24) is 4.90 Å². The Kier molecular flexibility index (Phi) is 3.61. The van der Waals surface area contributed by atoms with Gasteiger partial charge in [0.25, 0.3) is 0 Å². The second-order valence-corrected chi connectivity index (χ2v) is 6.36. The van der Waals surface area contributed by atoms with E-state index in [2.05, 4.69) is 10.2 Å². The summed E-state index contributed by atoms with van der Waals surface area (Å²) in [6.45, 7) is 3.01. The molecule has 0 spiro atoms. The number of nitrogens with two attached hydrogens (primary N) is 1. The van der Waals surface area contributed by atoms with Gasteiger partial charge < -0.3 is 11.1 Å². The molecule has 4 nitrogen and oxygen atoms in total. The summed E-state index contributed by atoms with van der Waals surface area (Å²) in [5.41, 5.74) is 7.00. The number of rotatable bonds is 3. The highest BCUT2D eigenvalue weighted by Crippen LogP contribution is 2.38. The number of hydrogen-bond acceptors (Lipinski definition) is 3. The molecule has 3 unspecified atom stereocenters. The smallest absolute Gasteiger partial charge is 0.241 e. The van der Waals surface area contributed by atoms with E-state index >= 15 is 0 Å². The van der Waals surface area contributed by atoms with Gasteiger partial charge in [0.2, 0.25) is 5.91 Å². The lowest BCUT2D eigenvalue weighted by Gasteiger charge is -2.31. The van der Waals surface area contributed by atoms with Crippen molar-refractivity contribution in [1.29, 1.82) is 0 Å². The monoisotopic (exact) mass is 293 g/mol. The Morgan fingerprint density at radius 3 is 2.95 bits per heavy atom. The van der Waals surface area contributed by atoms with E-state index in [0.29, 0.717) is 22.4 Å². The molecular weight excluding hydrogens is 274 g/mol. The van der Waals surface area contributed by atoms with Crippen LogP contribution in [-0.4, -0.2) is 29.4 Å². The number of piperidine rings is 1. The lowest BCUT2D eigenvalue weighted by molar-refractivity contribution is -0.121. The summed E-state index contributed by atoms with van der Waals surface area (Å²) in [6.07, 6.45) is 3.79. The maximum absolute atomic E-state index is 12.4. The minimum atomic E-state index is -0.122. The Balaban J connectivity index is 1.68. The number of amides is 1. The van der Waals surface area contributed by atoms with Crippen molar-refractivity contribution < 1.29 is 4.79 Å². The van der Waals surface area contributed by atoms with Gasteiger partial charge in [-0.25, -0.2) is 0 Å². The molecule has 108 valence electrons. The molecule has 1 heterocycles. The number of nitrogens with zero attached hydrogens (tertiary/aromatic N) is 1. The molecule has 1 aliphatic heterocycles. The van der Waals surface area contributed by atoms with Crippen molar-refractivity contribution in [2.75, 3.05) is 17.6 Å². The van der Waals surface area contributed by atoms with Gasteiger partial charge in [-0.2, -0.15) is 0 Å². The SMILES string of the molecule is CC(C(=O)Nc1cc(Cl)ccc1N)N1CC2CCC1C2. The molecule has 2 aliphatic rings. The normalized spacial score (nSPS) is 26.7. The molecular formula is C15H20ClN3O. The number of anilines is 2. The van der Waals surface area contributed by atoms with Crippen LogP contribution in [0.5, 0.6) is 0 Å². The standard InChI is InChI=1S/C15H20ClN3O/c1-9(19-8-10-2-4-12(19)6-10)15(20)18-14-7-11(16)3-5-13(14)17/h3,5,7,9-10,12H,2,4,6,8,17H2,1H3,(H,18,20). The third-order valence-corrected chi connectivity index (χ3v) is 4.84. The van der Waals surface area contributed by atoms with Gasteiger partial charge in [-0.15, -0.1) is 0 Å². The minimum Gasteiger partial charge on any atom is -0.397 e. The second-order valence-electron chi connectivity index (χ2n) is 5.93. The van der Waals surface area contributed by atoms with E-state index < -0.39 is 0 Å². The number of fused-ring (bicyclic) bond motifs is 2. The zero-order chi connectivity index (χ0) is 14.3. The molecule has 2 fully saturated rings. The van der Waals surface area contributed by atoms with Crippen molar-refractivity contribution in [3.8, 4) is 0 Å².